The number of aryl methyl sites for hydroxylation is 2. The third-order valence-electron chi connectivity index (χ3n) is 2.21. The molecule has 13 heavy (non-hydrogen) atoms. The molecule has 1 aromatic carbocycles. The van der Waals surface area contributed by atoms with Crippen LogP contribution in [0.25, 0.3) is 5.69 Å². The van der Waals surface area contributed by atoms with Crippen molar-refractivity contribution in [2.24, 2.45) is 0 Å². The molecule has 0 saturated heterocycles. The maximum absolute atomic E-state index is 4.05. The molecule has 0 aliphatic rings. The van der Waals surface area contributed by atoms with Crippen LogP contribution in [0, 0.1) is 20.0 Å². The van der Waals surface area contributed by atoms with Crippen LogP contribution < -0.4 is 0 Å². The summed E-state index contributed by atoms with van der Waals surface area (Å²) >= 11 is 0. The van der Waals surface area contributed by atoms with Gasteiger partial charge in [-0.1, -0.05) is 6.07 Å². The van der Waals surface area contributed by atoms with E-state index < -0.39 is 0 Å². The highest BCUT2D eigenvalue weighted by molar-refractivity contribution is 5.38. The number of hydrogen-bond donors (Lipinski definition) is 0. The molecule has 0 aliphatic heterocycles. The number of rotatable bonds is 1. The lowest BCUT2D eigenvalue weighted by Crippen LogP contribution is -1.95. The van der Waals surface area contributed by atoms with Gasteiger partial charge in [0.2, 0.25) is 0 Å². The minimum atomic E-state index is 1.09. The summed E-state index contributed by atoms with van der Waals surface area (Å²) in [5.41, 5.74) is 3.68. The molecule has 0 unspecified atom stereocenters. The molecule has 0 N–H and O–H groups in total. The summed E-state index contributed by atoms with van der Waals surface area (Å²) in [7, 11) is 0. The second-order valence-corrected chi connectivity index (χ2v) is 3.16. The molecule has 2 aromatic rings. The molecular formula is C11H11N2. The fourth-order valence-electron chi connectivity index (χ4n) is 1.24. The largest absolute Gasteiger partial charge is 0.240 e. The van der Waals surface area contributed by atoms with Crippen molar-refractivity contribution in [1.29, 1.82) is 0 Å². The van der Waals surface area contributed by atoms with Crippen molar-refractivity contribution in [2.75, 3.05) is 0 Å². The minimum absolute atomic E-state index is 1.09. The van der Waals surface area contributed by atoms with Gasteiger partial charge in [-0.3, -0.25) is 0 Å². The lowest BCUT2D eigenvalue weighted by molar-refractivity contribution is 0.875. The highest BCUT2D eigenvalue weighted by Crippen LogP contribution is 2.12. The minimum Gasteiger partial charge on any atom is -0.240 e. The highest BCUT2D eigenvalue weighted by Gasteiger charge is 1.97. The molecule has 0 bridgehead atoms. The molecule has 0 spiro atoms. The Morgan fingerprint density at radius 3 is 2.69 bits per heavy atom. The van der Waals surface area contributed by atoms with E-state index >= 15 is 0 Å². The zero-order valence-corrected chi connectivity index (χ0v) is 7.78. The van der Waals surface area contributed by atoms with E-state index in [1.54, 1.807) is 6.07 Å². The number of benzene rings is 1. The van der Waals surface area contributed by atoms with Crippen molar-refractivity contribution in [1.82, 2.24) is 9.78 Å². The Morgan fingerprint density at radius 1 is 1.23 bits per heavy atom. The van der Waals surface area contributed by atoms with Gasteiger partial charge in [0.05, 0.1) is 5.69 Å². The normalized spacial score (nSPS) is 10.3. The van der Waals surface area contributed by atoms with Crippen LogP contribution in [0.1, 0.15) is 11.1 Å². The maximum atomic E-state index is 4.05. The zero-order chi connectivity index (χ0) is 9.26. The van der Waals surface area contributed by atoms with Crippen molar-refractivity contribution in [3.05, 3.63) is 47.8 Å². The van der Waals surface area contributed by atoms with Gasteiger partial charge < -0.3 is 0 Å². The summed E-state index contributed by atoms with van der Waals surface area (Å²) in [6, 6.07) is 8.08. The molecule has 0 saturated carbocycles. The van der Waals surface area contributed by atoms with Gasteiger partial charge in [-0.25, -0.2) is 4.68 Å². The summed E-state index contributed by atoms with van der Waals surface area (Å²) in [4.78, 5) is 0. The van der Waals surface area contributed by atoms with Crippen LogP contribution in [-0.2, 0) is 0 Å². The Hall–Kier alpha value is -1.57. The van der Waals surface area contributed by atoms with E-state index in [0.717, 1.165) is 5.69 Å². The Balaban J connectivity index is 2.49. The molecule has 2 heteroatoms. The fourth-order valence-corrected chi connectivity index (χ4v) is 1.24. The van der Waals surface area contributed by atoms with Crippen LogP contribution in [0.5, 0.6) is 0 Å². The number of hydrogen-bond acceptors (Lipinski definition) is 1. The third kappa shape index (κ3) is 1.47. The van der Waals surface area contributed by atoms with Crippen LogP contribution in [-0.4, -0.2) is 9.78 Å². The molecule has 2 nitrogen and oxygen atoms in total. The van der Waals surface area contributed by atoms with E-state index in [2.05, 4.69) is 43.3 Å². The van der Waals surface area contributed by atoms with E-state index in [9.17, 15) is 0 Å². The summed E-state index contributed by atoms with van der Waals surface area (Å²) in [5.74, 6) is 0. The van der Waals surface area contributed by atoms with Gasteiger partial charge in [-0.05, 0) is 43.2 Å². The lowest BCUT2D eigenvalue weighted by atomic mass is 10.1. The lowest BCUT2D eigenvalue weighted by Gasteiger charge is -2.04. The average Bonchev–Trinajstić information content (AvgIpc) is 2.62. The SMILES string of the molecule is Cc1ccc(-n2cc[c]n2)cc1C. The van der Waals surface area contributed by atoms with E-state index in [-0.39, 0.29) is 0 Å². The van der Waals surface area contributed by atoms with E-state index in [1.807, 2.05) is 10.9 Å². The Labute approximate surface area is 77.8 Å². The fraction of sp³-hybridized carbons (Fsp3) is 0.182. The van der Waals surface area contributed by atoms with Gasteiger partial charge in [0, 0.05) is 6.20 Å². The van der Waals surface area contributed by atoms with Gasteiger partial charge in [-0.2, -0.15) is 5.10 Å². The van der Waals surface area contributed by atoms with Gasteiger partial charge in [-0.15, -0.1) is 0 Å². The summed E-state index contributed by atoms with van der Waals surface area (Å²) in [6.07, 6.45) is 4.67. The molecule has 0 fully saturated rings. The van der Waals surface area contributed by atoms with Gasteiger partial charge in [0.15, 0.2) is 0 Å². The molecule has 0 atom stereocenters. The molecule has 1 radical (unpaired) electrons. The summed E-state index contributed by atoms with van der Waals surface area (Å²) in [5, 5.41) is 4.05. The Kier molecular flexibility index (Phi) is 1.89. The first-order valence-electron chi connectivity index (χ1n) is 4.27. The van der Waals surface area contributed by atoms with Crippen molar-refractivity contribution in [3.8, 4) is 5.69 Å². The van der Waals surface area contributed by atoms with Gasteiger partial charge >= 0.3 is 0 Å². The molecular weight excluding hydrogens is 160 g/mol. The van der Waals surface area contributed by atoms with Crippen molar-refractivity contribution >= 4 is 0 Å². The molecule has 0 aliphatic carbocycles. The standard InChI is InChI=1S/C11H11N2/c1-9-4-5-11(8-10(9)2)13-7-3-6-12-13/h3-5,7-8H,1-2H3. The first kappa shape index (κ1) is 8.05. The molecule has 0 amide bonds. The molecule has 65 valence electrons. The zero-order valence-electron chi connectivity index (χ0n) is 7.78. The van der Waals surface area contributed by atoms with Crippen LogP contribution in [0.3, 0.4) is 0 Å². The van der Waals surface area contributed by atoms with Crippen LogP contribution in [0.2, 0.25) is 0 Å². The second kappa shape index (κ2) is 3.05. The average molecular weight is 171 g/mol. The third-order valence-corrected chi connectivity index (χ3v) is 2.21. The predicted octanol–water partition coefficient (Wildman–Crippen LogP) is 2.29. The van der Waals surface area contributed by atoms with Crippen LogP contribution in [0.15, 0.2) is 30.5 Å². The first-order chi connectivity index (χ1) is 6.27. The van der Waals surface area contributed by atoms with Crippen LogP contribution in [0.4, 0.5) is 0 Å². The predicted molar refractivity (Wildman–Crippen MR) is 51.9 cm³/mol. The Morgan fingerprint density at radius 2 is 2.08 bits per heavy atom. The quantitative estimate of drug-likeness (QED) is 0.643. The monoisotopic (exact) mass is 171 g/mol. The maximum Gasteiger partial charge on any atom is 0.113 e. The number of nitrogens with zero attached hydrogens (tertiary/aromatic N) is 2. The van der Waals surface area contributed by atoms with Crippen molar-refractivity contribution < 1.29 is 0 Å². The number of aromatic nitrogens is 2. The highest BCUT2D eigenvalue weighted by atomic mass is 15.3. The van der Waals surface area contributed by atoms with Gasteiger partial charge in [0.1, 0.15) is 6.20 Å². The smallest absolute Gasteiger partial charge is 0.113 e. The van der Waals surface area contributed by atoms with Crippen LogP contribution >= 0.6 is 0 Å². The summed E-state index contributed by atoms with van der Waals surface area (Å²) < 4.78 is 1.81. The second-order valence-electron chi connectivity index (χ2n) is 3.16. The molecule has 2 rings (SSSR count). The van der Waals surface area contributed by atoms with Crippen molar-refractivity contribution in [3.63, 3.8) is 0 Å². The van der Waals surface area contributed by atoms with Gasteiger partial charge in [0.25, 0.3) is 0 Å². The Bertz CT molecular complexity index is 402. The topological polar surface area (TPSA) is 17.8 Å². The summed E-state index contributed by atoms with van der Waals surface area (Å²) in [6.45, 7) is 4.21. The van der Waals surface area contributed by atoms with E-state index in [0.29, 0.717) is 0 Å². The van der Waals surface area contributed by atoms with E-state index in [1.165, 1.54) is 11.1 Å². The van der Waals surface area contributed by atoms with E-state index in [4.69, 9.17) is 0 Å². The first-order valence-corrected chi connectivity index (χ1v) is 4.27. The molecule has 1 aromatic heterocycles. The molecule has 1 heterocycles. The van der Waals surface area contributed by atoms with Crippen molar-refractivity contribution in [2.45, 2.75) is 13.8 Å².